The van der Waals surface area contributed by atoms with Crippen LogP contribution >= 0.6 is 0 Å². The van der Waals surface area contributed by atoms with Gasteiger partial charge in [0.15, 0.2) is 5.82 Å². The van der Waals surface area contributed by atoms with Gasteiger partial charge in [-0.2, -0.15) is 0 Å². The number of hydrogen-bond donors (Lipinski definition) is 1. The van der Waals surface area contributed by atoms with Gasteiger partial charge in [0.05, 0.1) is 11.6 Å². The molecule has 1 saturated heterocycles. The molecule has 1 aromatic heterocycles. The summed E-state index contributed by atoms with van der Waals surface area (Å²) in [6.07, 6.45) is 0. The van der Waals surface area contributed by atoms with Crippen molar-refractivity contribution in [3.8, 4) is 0 Å². The normalized spacial score (nSPS) is 18.9. The number of ketones is 1. The molecule has 4 rings (SSSR count). The second kappa shape index (κ2) is 6.57. The maximum absolute atomic E-state index is 12.8. The fourth-order valence-electron chi connectivity index (χ4n) is 3.24. The van der Waals surface area contributed by atoms with Crippen molar-refractivity contribution in [3.63, 3.8) is 0 Å². The van der Waals surface area contributed by atoms with Crippen molar-refractivity contribution >= 4 is 23.3 Å². The highest BCUT2D eigenvalue weighted by molar-refractivity contribution is 6.51. The van der Waals surface area contributed by atoms with E-state index >= 15 is 0 Å². The topological polar surface area (TPSA) is 83.6 Å². The van der Waals surface area contributed by atoms with Crippen LogP contribution in [0.3, 0.4) is 0 Å². The largest absolute Gasteiger partial charge is 0.507 e. The first kappa shape index (κ1) is 16.8. The van der Waals surface area contributed by atoms with Crippen LogP contribution in [-0.2, 0) is 9.59 Å². The monoisotopic (exact) mass is 360 g/mol. The smallest absolute Gasteiger partial charge is 0.301 e. The zero-order chi connectivity index (χ0) is 19.0. The predicted octanol–water partition coefficient (Wildman–Crippen LogP) is 3.61. The Hall–Kier alpha value is -3.67. The number of anilines is 1. The molecule has 1 atom stereocenters. The summed E-state index contributed by atoms with van der Waals surface area (Å²) in [5, 5.41) is 14.7. The number of carbonyl (C=O) groups is 2. The predicted molar refractivity (Wildman–Crippen MR) is 98.9 cm³/mol. The minimum atomic E-state index is -0.795. The molecule has 0 spiro atoms. The molecule has 1 amide bonds. The molecule has 0 bridgehead atoms. The molecule has 2 heterocycles. The van der Waals surface area contributed by atoms with Gasteiger partial charge in [0.2, 0.25) is 0 Å². The van der Waals surface area contributed by atoms with E-state index in [1.165, 1.54) is 4.90 Å². The van der Waals surface area contributed by atoms with Gasteiger partial charge in [-0.15, -0.1) is 0 Å². The van der Waals surface area contributed by atoms with Gasteiger partial charge < -0.3 is 9.63 Å². The van der Waals surface area contributed by atoms with E-state index in [1.807, 2.05) is 24.3 Å². The number of Topliss-reactive ketones (excluding diaryl/α,β-unsaturated/α-hetero) is 1. The van der Waals surface area contributed by atoms with Crippen LogP contribution in [0.1, 0.15) is 22.9 Å². The molecule has 6 heteroatoms. The van der Waals surface area contributed by atoms with Gasteiger partial charge in [0, 0.05) is 11.6 Å². The van der Waals surface area contributed by atoms with Crippen LogP contribution in [0, 0.1) is 6.92 Å². The van der Waals surface area contributed by atoms with E-state index in [0.717, 1.165) is 0 Å². The molecule has 1 fully saturated rings. The fourth-order valence-corrected chi connectivity index (χ4v) is 3.24. The molecule has 0 unspecified atom stereocenters. The van der Waals surface area contributed by atoms with E-state index in [2.05, 4.69) is 5.16 Å². The van der Waals surface area contributed by atoms with Crippen molar-refractivity contribution in [3.05, 3.63) is 89.2 Å². The third-order valence-corrected chi connectivity index (χ3v) is 4.47. The molecule has 27 heavy (non-hydrogen) atoms. The number of carbonyl (C=O) groups excluding carboxylic acids is 2. The molecule has 134 valence electrons. The van der Waals surface area contributed by atoms with Crippen molar-refractivity contribution in [1.82, 2.24) is 5.16 Å². The summed E-state index contributed by atoms with van der Waals surface area (Å²) >= 11 is 0. The highest BCUT2D eigenvalue weighted by Crippen LogP contribution is 2.41. The molecule has 0 aliphatic carbocycles. The van der Waals surface area contributed by atoms with Gasteiger partial charge >= 0.3 is 5.91 Å². The lowest BCUT2D eigenvalue weighted by molar-refractivity contribution is -0.132. The number of aryl methyl sites for hydroxylation is 1. The summed E-state index contributed by atoms with van der Waals surface area (Å²) < 4.78 is 5.09. The number of aliphatic hydroxyl groups excluding tert-OH is 1. The van der Waals surface area contributed by atoms with Gasteiger partial charge in [-0.3, -0.25) is 14.5 Å². The first-order valence-electron chi connectivity index (χ1n) is 8.42. The van der Waals surface area contributed by atoms with Crippen LogP contribution in [0.25, 0.3) is 5.76 Å². The number of rotatable bonds is 3. The van der Waals surface area contributed by atoms with E-state index in [-0.39, 0.29) is 17.2 Å². The molecule has 1 N–H and O–H groups in total. The minimum Gasteiger partial charge on any atom is -0.507 e. The number of amides is 1. The number of aliphatic hydroxyl groups is 1. The van der Waals surface area contributed by atoms with Gasteiger partial charge in [0.25, 0.3) is 5.78 Å². The SMILES string of the molecule is Cc1cc(N2C(=O)C(=O)C(=C(O)c3ccccc3)[C@@H]2c2ccccc2)no1. The number of aromatic nitrogens is 1. The second-order valence-electron chi connectivity index (χ2n) is 6.24. The summed E-state index contributed by atoms with van der Waals surface area (Å²) in [6, 6.07) is 18.5. The van der Waals surface area contributed by atoms with E-state index < -0.39 is 17.7 Å². The standard InChI is InChI=1S/C21H16N2O4/c1-13-12-16(22-27-13)23-18(14-8-4-2-5-9-14)17(20(25)21(23)26)19(24)15-10-6-3-7-11-15/h2-12,18,24H,1H3/t18-/m0/s1. The Balaban J connectivity index is 1.94. The average Bonchev–Trinajstić information content (AvgIpc) is 3.24. The second-order valence-corrected chi connectivity index (χ2v) is 6.24. The van der Waals surface area contributed by atoms with Crippen LogP contribution in [0.2, 0.25) is 0 Å². The molecular formula is C21H16N2O4. The average molecular weight is 360 g/mol. The van der Waals surface area contributed by atoms with Crippen LogP contribution in [0.4, 0.5) is 5.82 Å². The lowest BCUT2D eigenvalue weighted by Gasteiger charge is -2.22. The highest BCUT2D eigenvalue weighted by atomic mass is 16.5. The number of nitrogens with zero attached hydrogens (tertiary/aromatic N) is 2. The molecule has 2 aromatic carbocycles. The third-order valence-electron chi connectivity index (χ3n) is 4.47. The zero-order valence-electron chi connectivity index (χ0n) is 14.5. The summed E-state index contributed by atoms with van der Waals surface area (Å²) in [5.74, 6) is -0.983. The van der Waals surface area contributed by atoms with Gasteiger partial charge in [0.1, 0.15) is 11.5 Å². The van der Waals surface area contributed by atoms with Crippen LogP contribution < -0.4 is 4.90 Å². The number of benzene rings is 2. The maximum atomic E-state index is 12.8. The molecule has 1 aliphatic heterocycles. The van der Waals surface area contributed by atoms with Gasteiger partial charge in [-0.1, -0.05) is 65.8 Å². The van der Waals surface area contributed by atoms with Crippen molar-refractivity contribution in [2.75, 3.05) is 4.90 Å². The van der Waals surface area contributed by atoms with Crippen molar-refractivity contribution in [1.29, 1.82) is 0 Å². The van der Waals surface area contributed by atoms with Crippen molar-refractivity contribution in [2.45, 2.75) is 13.0 Å². The molecule has 0 saturated carbocycles. The zero-order valence-corrected chi connectivity index (χ0v) is 14.5. The lowest BCUT2D eigenvalue weighted by atomic mass is 9.95. The first-order valence-corrected chi connectivity index (χ1v) is 8.42. The Morgan fingerprint density at radius 1 is 1.04 bits per heavy atom. The quantitative estimate of drug-likeness (QED) is 0.438. The summed E-state index contributed by atoms with van der Waals surface area (Å²) in [5.41, 5.74) is 1.18. The minimum absolute atomic E-state index is 0.0260. The summed E-state index contributed by atoms with van der Waals surface area (Å²) in [6.45, 7) is 1.70. The molecular weight excluding hydrogens is 344 g/mol. The number of hydrogen-bond acceptors (Lipinski definition) is 5. The van der Waals surface area contributed by atoms with Gasteiger partial charge in [-0.25, -0.2) is 0 Å². The molecule has 0 radical (unpaired) electrons. The lowest BCUT2D eigenvalue weighted by Crippen LogP contribution is -2.29. The molecule has 6 nitrogen and oxygen atoms in total. The Labute approximate surface area is 155 Å². The van der Waals surface area contributed by atoms with Crippen molar-refractivity contribution < 1.29 is 19.2 Å². The third kappa shape index (κ3) is 2.81. The Bertz CT molecular complexity index is 1040. The Morgan fingerprint density at radius 3 is 2.26 bits per heavy atom. The van der Waals surface area contributed by atoms with E-state index in [0.29, 0.717) is 16.9 Å². The van der Waals surface area contributed by atoms with E-state index in [4.69, 9.17) is 4.52 Å². The molecule has 1 aliphatic rings. The van der Waals surface area contributed by atoms with E-state index in [9.17, 15) is 14.7 Å². The van der Waals surface area contributed by atoms with E-state index in [1.54, 1.807) is 49.4 Å². The van der Waals surface area contributed by atoms with Crippen LogP contribution in [0.5, 0.6) is 0 Å². The van der Waals surface area contributed by atoms with Crippen LogP contribution in [0.15, 0.2) is 76.8 Å². The fraction of sp³-hybridized carbons (Fsp3) is 0.0952. The first-order chi connectivity index (χ1) is 13.1. The maximum Gasteiger partial charge on any atom is 0.301 e. The summed E-state index contributed by atoms with van der Waals surface area (Å²) in [4.78, 5) is 26.9. The Morgan fingerprint density at radius 2 is 1.67 bits per heavy atom. The highest BCUT2D eigenvalue weighted by Gasteiger charge is 2.48. The Kier molecular flexibility index (Phi) is 4.08. The summed E-state index contributed by atoms with van der Waals surface area (Å²) in [7, 11) is 0. The van der Waals surface area contributed by atoms with Gasteiger partial charge in [-0.05, 0) is 12.5 Å². The van der Waals surface area contributed by atoms with Crippen LogP contribution in [-0.4, -0.2) is 22.0 Å². The molecule has 3 aromatic rings. The van der Waals surface area contributed by atoms with Crippen molar-refractivity contribution in [2.24, 2.45) is 0 Å².